The van der Waals surface area contributed by atoms with Crippen molar-refractivity contribution in [3.63, 3.8) is 0 Å². The van der Waals surface area contributed by atoms with E-state index < -0.39 is 0 Å². The third kappa shape index (κ3) is 3.16. The summed E-state index contributed by atoms with van der Waals surface area (Å²) in [5.74, 6) is 1.02. The fourth-order valence-electron chi connectivity index (χ4n) is 3.15. The number of ether oxygens (including phenoxy) is 2. The summed E-state index contributed by atoms with van der Waals surface area (Å²) in [6, 6.07) is 8.04. The molecule has 0 saturated carbocycles. The van der Waals surface area contributed by atoms with Crippen molar-refractivity contribution in [1.82, 2.24) is 9.80 Å². The molecule has 0 radical (unpaired) electrons. The summed E-state index contributed by atoms with van der Waals surface area (Å²) in [6.07, 6.45) is 0. The Hall–Kier alpha value is -1.57. The fraction of sp³-hybridized carbons (Fsp3) is 0.529. The number of fused-ring (bicyclic) bond motifs is 1. The molecule has 4 rings (SSSR count). The highest BCUT2D eigenvalue weighted by Crippen LogP contribution is 2.39. The van der Waals surface area contributed by atoms with Crippen LogP contribution >= 0.6 is 11.8 Å². The Kier molecular flexibility index (Phi) is 4.73. The Morgan fingerprint density at radius 3 is 2.46 bits per heavy atom. The highest BCUT2D eigenvalue weighted by Gasteiger charge is 2.37. The molecule has 3 heterocycles. The highest BCUT2D eigenvalue weighted by atomic mass is 32.2. The molecule has 2 saturated heterocycles. The number of carbonyl (C=O) groups excluding carboxylic acids is 1. The Bertz CT molecular complexity index is 640. The minimum atomic E-state index is -0.281. The van der Waals surface area contributed by atoms with Crippen LogP contribution in [0, 0.1) is 0 Å². The molecule has 7 heteroatoms. The van der Waals surface area contributed by atoms with Crippen LogP contribution < -0.4 is 0 Å². The second kappa shape index (κ2) is 7.13. The maximum Gasteiger partial charge on any atom is 0.243 e. The third-order valence-corrected chi connectivity index (χ3v) is 5.71. The van der Waals surface area contributed by atoms with E-state index in [1.54, 1.807) is 11.8 Å². The molecular weight excluding hydrogens is 326 g/mol. The molecule has 24 heavy (non-hydrogen) atoms. The van der Waals surface area contributed by atoms with Crippen molar-refractivity contribution in [1.29, 1.82) is 0 Å². The van der Waals surface area contributed by atoms with Gasteiger partial charge in [0, 0.05) is 31.1 Å². The molecule has 2 fully saturated rings. The highest BCUT2D eigenvalue weighted by molar-refractivity contribution is 8.01. The van der Waals surface area contributed by atoms with Crippen molar-refractivity contribution >= 4 is 29.2 Å². The van der Waals surface area contributed by atoms with Crippen molar-refractivity contribution in [2.24, 2.45) is 4.99 Å². The van der Waals surface area contributed by atoms with Gasteiger partial charge in [0.15, 0.2) is 0 Å². The van der Waals surface area contributed by atoms with E-state index in [0.717, 1.165) is 29.5 Å². The molecule has 0 bridgehead atoms. The number of thioether (sulfide) groups is 1. The smallest absolute Gasteiger partial charge is 0.243 e. The minimum Gasteiger partial charge on any atom is -0.378 e. The normalized spacial score (nSPS) is 24.3. The molecule has 128 valence electrons. The van der Waals surface area contributed by atoms with Gasteiger partial charge in [-0.25, -0.2) is 4.99 Å². The van der Waals surface area contributed by atoms with Crippen LogP contribution in [0.15, 0.2) is 34.2 Å². The lowest BCUT2D eigenvalue weighted by molar-refractivity contribution is -0.133. The number of morpholine rings is 2. The van der Waals surface area contributed by atoms with Crippen molar-refractivity contribution < 1.29 is 14.3 Å². The van der Waals surface area contributed by atoms with Gasteiger partial charge in [0.05, 0.1) is 32.1 Å². The predicted molar refractivity (Wildman–Crippen MR) is 93.0 cm³/mol. The molecule has 3 aliphatic rings. The van der Waals surface area contributed by atoms with Crippen LogP contribution in [0.2, 0.25) is 0 Å². The zero-order valence-corrected chi connectivity index (χ0v) is 14.3. The first kappa shape index (κ1) is 15.9. The van der Waals surface area contributed by atoms with Crippen LogP contribution in [0.3, 0.4) is 0 Å². The summed E-state index contributed by atoms with van der Waals surface area (Å²) in [6.45, 7) is 5.49. The van der Waals surface area contributed by atoms with Gasteiger partial charge in [0.2, 0.25) is 5.91 Å². The van der Waals surface area contributed by atoms with Crippen LogP contribution in [-0.4, -0.2) is 79.4 Å². The van der Waals surface area contributed by atoms with Gasteiger partial charge in [0.25, 0.3) is 0 Å². The largest absolute Gasteiger partial charge is 0.378 e. The van der Waals surface area contributed by atoms with Crippen molar-refractivity contribution in [2.45, 2.75) is 10.1 Å². The van der Waals surface area contributed by atoms with Crippen molar-refractivity contribution in [2.75, 3.05) is 52.6 Å². The van der Waals surface area contributed by atoms with E-state index in [4.69, 9.17) is 14.5 Å². The molecule has 1 atom stereocenters. The topological polar surface area (TPSA) is 54.4 Å². The van der Waals surface area contributed by atoms with Crippen LogP contribution in [0.25, 0.3) is 0 Å². The molecule has 1 amide bonds. The van der Waals surface area contributed by atoms with Gasteiger partial charge < -0.3 is 19.3 Å². The minimum absolute atomic E-state index is 0.142. The summed E-state index contributed by atoms with van der Waals surface area (Å²) >= 11 is 1.62. The maximum absolute atomic E-state index is 13.1. The second-order valence-corrected chi connectivity index (χ2v) is 7.12. The second-order valence-electron chi connectivity index (χ2n) is 5.97. The Morgan fingerprint density at radius 1 is 1.04 bits per heavy atom. The summed E-state index contributed by atoms with van der Waals surface area (Å²) in [5, 5.41) is -0.281. The quantitative estimate of drug-likeness (QED) is 0.768. The first-order valence-corrected chi connectivity index (χ1v) is 9.24. The van der Waals surface area contributed by atoms with Gasteiger partial charge in [-0.2, -0.15) is 0 Å². The van der Waals surface area contributed by atoms with E-state index in [0.29, 0.717) is 39.5 Å². The number of carbonyl (C=O) groups is 1. The zero-order chi connectivity index (χ0) is 16.4. The molecular formula is C17H21N3O3S. The van der Waals surface area contributed by atoms with E-state index >= 15 is 0 Å². The molecule has 3 aliphatic heterocycles. The lowest BCUT2D eigenvalue weighted by Crippen LogP contribution is -2.53. The number of benzene rings is 1. The lowest BCUT2D eigenvalue weighted by atomic mass is 10.2. The SMILES string of the molecule is O=C(C1Sc2ccccc2N=C1N1CCOCC1)N1CCOCC1. The number of hydrogen-bond donors (Lipinski definition) is 0. The number of aliphatic imine (C=N–C) groups is 1. The van der Waals surface area contributed by atoms with E-state index in [2.05, 4.69) is 4.90 Å². The molecule has 0 aliphatic carbocycles. The summed E-state index contributed by atoms with van der Waals surface area (Å²) < 4.78 is 10.8. The van der Waals surface area contributed by atoms with Crippen LogP contribution in [0.4, 0.5) is 5.69 Å². The number of hydrogen-bond acceptors (Lipinski definition) is 6. The van der Waals surface area contributed by atoms with E-state index in [-0.39, 0.29) is 11.2 Å². The molecule has 1 aromatic carbocycles. The van der Waals surface area contributed by atoms with Crippen LogP contribution in [-0.2, 0) is 14.3 Å². The Morgan fingerprint density at radius 2 is 1.71 bits per heavy atom. The first-order chi connectivity index (χ1) is 11.8. The molecule has 0 N–H and O–H groups in total. The number of nitrogens with zero attached hydrogens (tertiary/aromatic N) is 3. The average Bonchev–Trinajstić information content (AvgIpc) is 2.68. The van der Waals surface area contributed by atoms with Gasteiger partial charge >= 0.3 is 0 Å². The number of amides is 1. The van der Waals surface area contributed by atoms with Gasteiger partial charge in [-0.1, -0.05) is 12.1 Å². The van der Waals surface area contributed by atoms with Crippen LogP contribution in [0.1, 0.15) is 0 Å². The van der Waals surface area contributed by atoms with E-state index in [1.807, 2.05) is 29.2 Å². The zero-order valence-electron chi connectivity index (χ0n) is 13.5. The van der Waals surface area contributed by atoms with Gasteiger partial charge in [-0.15, -0.1) is 11.8 Å². The van der Waals surface area contributed by atoms with Crippen molar-refractivity contribution in [3.05, 3.63) is 24.3 Å². The summed E-state index contributed by atoms with van der Waals surface area (Å²) in [4.78, 5) is 23.2. The number of amidine groups is 1. The van der Waals surface area contributed by atoms with E-state index in [9.17, 15) is 4.79 Å². The maximum atomic E-state index is 13.1. The average molecular weight is 347 g/mol. The van der Waals surface area contributed by atoms with Crippen molar-refractivity contribution in [3.8, 4) is 0 Å². The molecule has 6 nitrogen and oxygen atoms in total. The van der Waals surface area contributed by atoms with Gasteiger partial charge in [-0.3, -0.25) is 4.79 Å². The molecule has 1 unspecified atom stereocenters. The predicted octanol–water partition coefficient (Wildman–Crippen LogP) is 1.38. The molecule has 1 aromatic rings. The fourth-order valence-corrected chi connectivity index (χ4v) is 4.35. The summed E-state index contributed by atoms with van der Waals surface area (Å²) in [5.41, 5.74) is 0.954. The summed E-state index contributed by atoms with van der Waals surface area (Å²) in [7, 11) is 0. The van der Waals surface area contributed by atoms with Gasteiger partial charge in [-0.05, 0) is 12.1 Å². The monoisotopic (exact) mass is 347 g/mol. The molecule has 0 spiro atoms. The Labute approximate surface area is 145 Å². The standard InChI is InChI=1S/C17H21N3O3S/c21-17(20-7-11-23-12-8-20)15-16(19-5-9-22-10-6-19)18-13-3-1-2-4-14(13)24-15/h1-4,15H,5-12H2. The lowest BCUT2D eigenvalue weighted by Gasteiger charge is -2.37. The van der Waals surface area contributed by atoms with Gasteiger partial charge in [0.1, 0.15) is 11.1 Å². The third-order valence-electron chi connectivity index (χ3n) is 4.46. The van der Waals surface area contributed by atoms with E-state index in [1.165, 1.54) is 0 Å². The first-order valence-electron chi connectivity index (χ1n) is 8.36. The number of rotatable bonds is 1. The van der Waals surface area contributed by atoms with Crippen LogP contribution in [0.5, 0.6) is 0 Å². The number of para-hydroxylation sites is 1. The Balaban J connectivity index is 1.64. The molecule has 0 aromatic heterocycles.